The van der Waals surface area contributed by atoms with E-state index in [0.29, 0.717) is 12.2 Å². The molecule has 1 atom stereocenters. The predicted molar refractivity (Wildman–Crippen MR) is 102 cm³/mol. The van der Waals surface area contributed by atoms with E-state index in [4.69, 9.17) is 0 Å². The van der Waals surface area contributed by atoms with Gasteiger partial charge in [0, 0.05) is 35.6 Å². The standard InChI is InChI=1S/C18H20N4OS2/c1-11-22-15(10-24-11)16-3-2-12(25-16)4-7-19-14-6-9-21-18(23)17-13(14)5-8-20-17/h2-3,5,8,10,14,19-20H,4,6-7,9H2,1H3,(H,21,23). The molecule has 0 bridgehead atoms. The highest BCUT2D eigenvalue weighted by Gasteiger charge is 2.23. The lowest BCUT2D eigenvalue weighted by Gasteiger charge is -2.16. The number of amides is 1. The third-order valence-electron chi connectivity index (χ3n) is 4.40. The van der Waals surface area contributed by atoms with Crippen LogP contribution in [0.4, 0.5) is 0 Å². The molecule has 3 N–H and O–H groups in total. The topological polar surface area (TPSA) is 69.8 Å². The summed E-state index contributed by atoms with van der Waals surface area (Å²) in [5.74, 6) is -0.00856. The highest BCUT2D eigenvalue weighted by molar-refractivity contribution is 7.16. The molecule has 0 saturated carbocycles. The quantitative estimate of drug-likeness (QED) is 0.642. The highest BCUT2D eigenvalue weighted by atomic mass is 32.1. The van der Waals surface area contributed by atoms with Gasteiger partial charge in [-0.2, -0.15) is 0 Å². The van der Waals surface area contributed by atoms with Crippen molar-refractivity contribution in [3.05, 3.63) is 50.9 Å². The summed E-state index contributed by atoms with van der Waals surface area (Å²) in [5.41, 5.74) is 2.84. The van der Waals surface area contributed by atoms with E-state index in [-0.39, 0.29) is 11.9 Å². The maximum absolute atomic E-state index is 12.0. The van der Waals surface area contributed by atoms with Gasteiger partial charge in [-0.25, -0.2) is 4.98 Å². The zero-order valence-corrected chi connectivity index (χ0v) is 15.6. The zero-order chi connectivity index (χ0) is 17.2. The number of nitrogens with one attached hydrogen (secondary N) is 3. The molecule has 7 heteroatoms. The lowest BCUT2D eigenvalue weighted by atomic mass is 10.1. The molecular weight excluding hydrogens is 352 g/mol. The minimum Gasteiger partial charge on any atom is -0.357 e. The van der Waals surface area contributed by atoms with Crippen molar-refractivity contribution in [2.45, 2.75) is 25.8 Å². The Morgan fingerprint density at radius 3 is 3.12 bits per heavy atom. The molecule has 3 aromatic heterocycles. The van der Waals surface area contributed by atoms with E-state index in [2.05, 4.69) is 38.1 Å². The van der Waals surface area contributed by atoms with E-state index in [9.17, 15) is 4.79 Å². The number of hydrogen-bond acceptors (Lipinski definition) is 5. The first-order valence-electron chi connectivity index (χ1n) is 8.41. The van der Waals surface area contributed by atoms with Gasteiger partial charge in [0.05, 0.1) is 15.6 Å². The average molecular weight is 373 g/mol. The normalized spacial score (nSPS) is 17.2. The lowest BCUT2D eigenvalue weighted by Crippen LogP contribution is -2.25. The number of H-pyrrole nitrogens is 1. The molecule has 0 aromatic carbocycles. The van der Waals surface area contributed by atoms with Crippen LogP contribution in [0.15, 0.2) is 29.8 Å². The number of thiophene rings is 1. The van der Waals surface area contributed by atoms with Gasteiger partial charge in [-0.15, -0.1) is 22.7 Å². The van der Waals surface area contributed by atoms with Crippen molar-refractivity contribution in [3.63, 3.8) is 0 Å². The number of nitrogens with zero attached hydrogens (tertiary/aromatic N) is 1. The molecule has 0 spiro atoms. The van der Waals surface area contributed by atoms with Crippen molar-refractivity contribution >= 4 is 28.6 Å². The van der Waals surface area contributed by atoms with Crippen molar-refractivity contribution < 1.29 is 4.79 Å². The smallest absolute Gasteiger partial charge is 0.268 e. The highest BCUT2D eigenvalue weighted by Crippen LogP contribution is 2.29. The van der Waals surface area contributed by atoms with Gasteiger partial charge in [-0.3, -0.25) is 4.79 Å². The molecule has 0 saturated heterocycles. The van der Waals surface area contributed by atoms with Crippen LogP contribution in [0.2, 0.25) is 0 Å². The molecule has 0 fully saturated rings. The summed E-state index contributed by atoms with van der Waals surface area (Å²) in [7, 11) is 0. The Kier molecular flexibility index (Phi) is 4.70. The van der Waals surface area contributed by atoms with Crippen LogP contribution in [-0.2, 0) is 6.42 Å². The first kappa shape index (κ1) is 16.5. The van der Waals surface area contributed by atoms with Crippen LogP contribution < -0.4 is 10.6 Å². The van der Waals surface area contributed by atoms with Crippen LogP contribution in [-0.4, -0.2) is 29.0 Å². The van der Waals surface area contributed by atoms with Crippen LogP contribution in [0, 0.1) is 6.92 Å². The second-order valence-corrected chi connectivity index (χ2v) is 8.36. The van der Waals surface area contributed by atoms with E-state index >= 15 is 0 Å². The van der Waals surface area contributed by atoms with Crippen molar-refractivity contribution in [1.82, 2.24) is 20.6 Å². The van der Waals surface area contributed by atoms with Crippen molar-refractivity contribution in [2.24, 2.45) is 0 Å². The number of carbonyl (C=O) groups is 1. The van der Waals surface area contributed by atoms with E-state index in [1.165, 1.54) is 9.75 Å². The van der Waals surface area contributed by atoms with E-state index < -0.39 is 0 Å². The maximum atomic E-state index is 12.0. The van der Waals surface area contributed by atoms with E-state index in [1.54, 1.807) is 11.3 Å². The number of hydrogen-bond donors (Lipinski definition) is 3. The number of thiazole rings is 1. The Bertz CT molecular complexity index is 879. The number of carbonyl (C=O) groups excluding carboxylic acids is 1. The Morgan fingerprint density at radius 1 is 1.36 bits per heavy atom. The van der Waals surface area contributed by atoms with Gasteiger partial charge in [0.15, 0.2) is 0 Å². The van der Waals surface area contributed by atoms with Crippen molar-refractivity contribution in [3.8, 4) is 10.6 Å². The molecule has 4 rings (SSSR count). The Labute approximate surface area is 154 Å². The second-order valence-electron chi connectivity index (χ2n) is 6.13. The van der Waals surface area contributed by atoms with E-state index in [0.717, 1.165) is 35.7 Å². The minimum absolute atomic E-state index is 0.00856. The third-order valence-corrected chi connectivity index (χ3v) is 6.34. The summed E-state index contributed by atoms with van der Waals surface area (Å²) in [6.45, 7) is 3.62. The molecule has 0 aliphatic carbocycles. The van der Waals surface area contributed by atoms with Gasteiger partial charge in [-0.1, -0.05) is 0 Å². The first-order valence-corrected chi connectivity index (χ1v) is 10.1. The second kappa shape index (κ2) is 7.11. The number of fused-ring (bicyclic) bond motifs is 1. The largest absolute Gasteiger partial charge is 0.357 e. The zero-order valence-electron chi connectivity index (χ0n) is 14.0. The average Bonchev–Trinajstić information content (AvgIpc) is 3.31. The monoisotopic (exact) mass is 372 g/mol. The summed E-state index contributed by atoms with van der Waals surface area (Å²) in [4.78, 5) is 22.2. The maximum Gasteiger partial charge on any atom is 0.268 e. The Morgan fingerprint density at radius 2 is 2.28 bits per heavy atom. The SMILES string of the molecule is Cc1nc(-c2ccc(CCNC3CCNC(=O)c4[nH]ccc43)s2)cs1. The Hall–Kier alpha value is -1.96. The van der Waals surface area contributed by atoms with Crippen LogP contribution >= 0.6 is 22.7 Å². The fourth-order valence-corrected chi connectivity index (χ4v) is 4.81. The molecule has 0 radical (unpaired) electrons. The van der Waals surface area contributed by atoms with Crippen LogP contribution in [0.5, 0.6) is 0 Å². The molecule has 5 nitrogen and oxygen atoms in total. The number of aromatic nitrogens is 2. The van der Waals surface area contributed by atoms with Gasteiger partial charge < -0.3 is 15.6 Å². The Balaban J connectivity index is 1.38. The van der Waals surface area contributed by atoms with Gasteiger partial charge in [0.25, 0.3) is 5.91 Å². The lowest BCUT2D eigenvalue weighted by molar-refractivity contribution is 0.0951. The molecule has 130 valence electrons. The first-order chi connectivity index (χ1) is 12.2. The molecule has 1 aliphatic heterocycles. The molecule has 25 heavy (non-hydrogen) atoms. The third kappa shape index (κ3) is 3.53. The predicted octanol–water partition coefficient (Wildman–Crippen LogP) is 3.52. The number of aromatic amines is 1. The number of rotatable bonds is 5. The molecule has 1 unspecified atom stereocenters. The number of aryl methyl sites for hydroxylation is 1. The molecule has 1 amide bonds. The molecule has 3 aromatic rings. The summed E-state index contributed by atoms with van der Waals surface area (Å²) >= 11 is 3.50. The van der Waals surface area contributed by atoms with Crippen LogP contribution in [0.1, 0.15) is 38.4 Å². The molecule has 1 aliphatic rings. The summed E-state index contributed by atoms with van der Waals surface area (Å²) in [6, 6.07) is 6.57. The van der Waals surface area contributed by atoms with Gasteiger partial charge in [0.1, 0.15) is 5.69 Å². The van der Waals surface area contributed by atoms with E-state index in [1.807, 2.05) is 30.5 Å². The van der Waals surface area contributed by atoms with Crippen molar-refractivity contribution in [1.29, 1.82) is 0 Å². The molecule has 4 heterocycles. The summed E-state index contributed by atoms with van der Waals surface area (Å²) < 4.78 is 0. The molecular formula is C18H20N4OS2. The van der Waals surface area contributed by atoms with Gasteiger partial charge in [-0.05, 0) is 43.5 Å². The van der Waals surface area contributed by atoms with Gasteiger partial charge in [0.2, 0.25) is 0 Å². The summed E-state index contributed by atoms with van der Waals surface area (Å²) in [6.07, 6.45) is 3.72. The van der Waals surface area contributed by atoms with Crippen LogP contribution in [0.3, 0.4) is 0 Å². The fraction of sp³-hybridized carbons (Fsp3) is 0.333. The van der Waals surface area contributed by atoms with Gasteiger partial charge >= 0.3 is 0 Å². The van der Waals surface area contributed by atoms with Crippen molar-refractivity contribution in [2.75, 3.05) is 13.1 Å². The van der Waals surface area contributed by atoms with Crippen LogP contribution in [0.25, 0.3) is 10.6 Å². The summed E-state index contributed by atoms with van der Waals surface area (Å²) in [5, 5.41) is 9.76. The minimum atomic E-state index is -0.00856. The fourth-order valence-electron chi connectivity index (χ4n) is 3.15.